The van der Waals surface area contributed by atoms with Crippen LogP contribution < -0.4 is 16.6 Å². The van der Waals surface area contributed by atoms with E-state index in [9.17, 15) is 28.0 Å². The van der Waals surface area contributed by atoms with E-state index in [0.717, 1.165) is 15.8 Å². The van der Waals surface area contributed by atoms with E-state index in [0.29, 0.717) is 27.7 Å². The van der Waals surface area contributed by atoms with Crippen LogP contribution in [0.2, 0.25) is 0 Å². The highest BCUT2D eigenvalue weighted by molar-refractivity contribution is 9.10. The Hall–Kier alpha value is -4.21. The maximum Gasteiger partial charge on any atom is 0.417 e. The first-order valence-electron chi connectivity index (χ1n) is 10.3. The summed E-state index contributed by atoms with van der Waals surface area (Å²) in [6.45, 7) is 0. The summed E-state index contributed by atoms with van der Waals surface area (Å²) >= 11 is 4.50. The predicted octanol–water partition coefficient (Wildman–Crippen LogP) is 6.78. The minimum atomic E-state index is -4.72. The van der Waals surface area contributed by atoms with Crippen LogP contribution in [0.5, 0.6) is 0 Å². The van der Waals surface area contributed by atoms with Crippen LogP contribution in [0.25, 0.3) is 38.8 Å². The van der Waals surface area contributed by atoms with Crippen molar-refractivity contribution in [2.24, 2.45) is 0 Å². The highest BCUT2D eigenvalue weighted by Gasteiger charge is 2.33. The van der Waals surface area contributed by atoms with Gasteiger partial charge in [0, 0.05) is 44.6 Å². The number of nitriles is 1. The van der Waals surface area contributed by atoms with Gasteiger partial charge in [-0.2, -0.15) is 18.4 Å². The van der Waals surface area contributed by atoms with Crippen molar-refractivity contribution in [1.29, 1.82) is 5.26 Å². The predicted molar refractivity (Wildman–Crippen MR) is 136 cm³/mol. The summed E-state index contributed by atoms with van der Waals surface area (Å²) in [5.74, 6) is 0. The topological polar surface area (TPSA) is 109 Å². The third-order valence-electron chi connectivity index (χ3n) is 5.26. The maximum atomic E-state index is 13.3. The van der Waals surface area contributed by atoms with Gasteiger partial charge >= 0.3 is 17.4 Å². The van der Waals surface area contributed by atoms with Crippen molar-refractivity contribution >= 4 is 60.5 Å². The van der Waals surface area contributed by atoms with Crippen molar-refractivity contribution in [2.75, 3.05) is 5.32 Å². The molecule has 5 aromatic rings. The second kappa shape index (κ2) is 9.34. The molecule has 1 N–H and O–H groups in total. The molecule has 12 heteroatoms. The van der Waals surface area contributed by atoms with E-state index >= 15 is 0 Å². The molecular weight excluding hydrogens is 575 g/mol. The van der Waals surface area contributed by atoms with E-state index in [1.807, 2.05) is 6.07 Å². The minimum Gasteiger partial charge on any atom is -0.423 e. The number of anilines is 1. The normalized spacial score (nSPS) is 12.1. The zero-order chi connectivity index (χ0) is 26.3. The molecule has 0 aliphatic heterocycles. The van der Waals surface area contributed by atoms with Gasteiger partial charge in [-0.1, -0.05) is 15.9 Å². The number of nitrogens with one attached hydrogen (secondary N) is 1. The molecule has 0 spiro atoms. The van der Waals surface area contributed by atoms with Crippen molar-refractivity contribution in [3.8, 4) is 17.3 Å². The Bertz CT molecular complexity index is 1880. The number of nitrogens with zero attached hydrogens (tertiary/aromatic N) is 2. The Labute approximate surface area is 217 Å². The summed E-state index contributed by atoms with van der Waals surface area (Å²) in [6, 6.07) is 13.0. The first-order chi connectivity index (χ1) is 17.6. The van der Waals surface area contributed by atoms with Gasteiger partial charge in [-0.05, 0) is 36.4 Å². The van der Waals surface area contributed by atoms with Gasteiger partial charge in [0.05, 0.1) is 16.8 Å². The SMILES string of the molecule is N#CC(=CNc1ccc2c(C(F)(F)F)cc(=O)oc2c1)c1nc(-c2cc3cc(Br)ccc3oc2=O)cs1. The van der Waals surface area contributed by atoms with Gasteiger partial charge in [0.15, 0.2) is 0 Å². The van der Waals surface area contributed by atoms with Crippen molar-refractivity contribution in [3.05, 3.63) is 96.0 Å². The fraction of sp³-hybridized carbons (Fsp3) is 0.0400. The molecule has 0 aliphatic rings. The van der Waals surface area contributed by atoms with Gasteiger partial charge in [-0.25, -0.2) is 14.6 Å². The van der Waals surface area contributed by atoms with E-state index in [-0.39, 0.29) is 27.8 Å². The first kappa shape index (κ1) is 24.5. The number of alkyl halides is 3. The molecule has 0 amide bonds. The third kappa shape index (κ3) is 4.91. The van der Waals surface area contributed by atoms with Crippen molar-refractivity contribution < 1.29 is 22.0 Å². The van der Waals surface area contributed by atoms with Crippen molar-refractivity contribution in [2.45, 2.75) is 6.18 Å². The van der Waals surface area contributed by atoms with Gasteiger partial charge in [0.25, 0.3) is 0 Å². The molecular formula is C25H11BrF3N3O4S. The molecule has 0 fully saturated rings. The maximum absolute atomic E-state index is 13.3. The van der Waals surface area contributed by atoms with Crippen LogP contribution in [0.3, 0.4) is 0 Å². The Balaban J connectivity index is 1.46. The highest BCUT2D eigenvalue weighted by atomic mass is 79.9. The molecule has 0 radical (unpaired) electrons. The number of aromatic nitrogens is 1. The second-order valence-electron chi connectivity index (χ2n) is 7.67. The summed E-state index contributed by atoms with van der Waals surface area (Å²) in [6.07, 6.45) is -3.41. The molecule has 0 atom stereocenters. The van der Waals surface area contributed by atoms with Crippen molar-refractivity contribution in [3.63, 3.8) is 0 Å². The fourth-order valence-corrected chi connectivity index (χ4v) is 4.74. The molecule has 5 rings (SSSR count). The lowest BCUT2D eigenvalue weighted by atomic mass is 10.1. The van der Waals surface area contributed by atoms with E-state index < -0.39 is 23.0 Å². The molecule has 184 valence electrons. The quantitative estimate of drug-likeness (QED) is 0.183. The van der Waals surface area contributed by atoms with Crippen molar-refractivity contribution in [1.82, 2.24) is 4.98 Å². The van der Waals surface area contributed by atoms with Gasteiger partial charge in [0.1, 0.15) is 27.8 Å². The van der Waals surface area contributed by atoms with Gasteiger partial charge in [-0.3, -0.25) is 0 Å². The van der Waals surface area contributed by atoms with Gasteiger partial charge in [0.2, 0.25) is 0 Å². The van der Waals surface area contributed by atoms with Gasteiger partial charge in [-0.15, -0.1) is 11.3 Å². The van der Waals surface area contributed by atoms with E-state index in [2.05, 4.69) is 26.2 Å². The first-order valence-corrected chi connectivity index (χ1v) is 12.0. The Morgan fingerprint density at radius 1 is 1.08 bits per heavy atom. The molecule has 0 aliphatic carbocycles. The highest BCUT2D eigenvalue weighted by Crippen LogP contribution is 2.35. The van der Waals surface area contributed by atoms with Crippen LogP contribution in [-0.4, -0.2) is 4.98 Å². The van der Waals surface area contributed by atoms with Crippen LogP contribution in [0.15, 0.2) is 83.0 Å². The number of thiazole rings is 1. The Morgan fingerprint density at radius 3 is 2.65 bits per heavy atom. The monoisotopic (exact) mass is 585 g/mol. The average Bonchev–Trinajstić information content (AvgIpc) is 3.32. The van der Waals surface area contributed by atoms with E-state index in [1.165, 1.54) is 24.4 Å². The molecule has 3 heterocycles. The summed E-state index contributed by atoms with van der Waals surface area (Å²) in [4.78, 5) is 28.5. The molecule has 2 aromatic carbocycles. The lowest BCUT2D eigenvalue weighted by Gasteiger charge is -2.10. The van der Waals surface area contributed by atoms with Gasteiger partial charge < -0.3 is 14.2 Å². The Kier molecular flexibility index (Phi) is 6.18. The average molecular weight is 586 g/mol. The minimum absolute atomic E-state index is 0.106. The van der Waals surface area contributed by atoms with Crippen LogP contribution >= 0.6 is 27.3 Å². The van der Waals surface area contributed by atoms with E-state index in [1.54, 1.807) is 29.6 Å². The molecule has 0 saturated carbocycles. The molecule has 37 heavy (non-hydrogen) atoms. The number of allylic oxidation sites excluding steroid dienone is 1. The zero-order valence-corrected chi connectivity index (χ0v) is 20.6. The summed E-state index contributed by atoms with van der Waals surface area (Å²) in [5.41, 5.74) is -1.72. The molecule has 0 bridgehead atoms. The number of hydrogen-bond donors (Lipinski definition) is 1. The lowest BCUT2D eigenvalue weighted by molar-refractivity contribution is -0.136. The second-order valence-corrected chi connectivity index (χ2v) is 9.44. The molecule has 0 saturated heterocycles. The Morgan fingerprint density at radius 2 is 1.89 bits per heavy atom. The summed E-state index contributed by atoms with van der Waals surface area (Å²) < 4.78 is 50.9. The largest absolute Gasteiger partial charge is 0.423 e. The smallest absolute Gasteiger partial charge is 0.417 e. The van der Waals surface area contributed by atoms with Crippen LogP contribution in [0.1, 0.15) is 10.6 Å². The molecule has 7 nitrogen and oxygen atoms in total. The summed E-state index contributed by atoms with van der Waals surface area (Å²) in [7, 11) is 0. The number of rotatable bonds is 4. The zero-order valence-electron chi connectivity index (χ0n) is 18.2. The molecule has 0 unspecified atom stereocenters. The number of hydrogen-bond acceptors (Lipinski definition) is 8. The lowest BCUT2D eigenvalue weighted by Crippen LogP contribution is -2.11. The van der Waals surface area contributed by atoms with Crippen LogP contribution in [0, 0.1) is 11.3 Å². The third-order valence-corrected chi connectivity index (χ3v) is 6.63. The van der Waals surface area contributed by atoms with Crippen LogP contribution in [-0.2, 0) is 6.18 Å². The fourth-order valence-electron chi connectivity index (χ4n) is 3.58. The van der Waals surface area contributed by atoms with Crippen LogP contribution in [0.4, 0.5) is 18.9 Å². The number of fused-ring (bicyclic) bond motifs is 2. The molecule has 3 aromatic heterocycles. The standard InChI is InChI=1S/C25H11BrF3N3O4S/c26-14-1-4-20-12(5-14)6-17(24(34)36-20)19-11-37-23(32-19)13(9-30)10-31-15-2-3-16-18(25(27,28)29)8-22(33)35-21(16)7-15/h1-8,10-11,31H. The number of benzene rings is 2. The summed E-state index contributed by atoms with van der Waals surface area (Å²) in [5, 5.41) is 14.8. The number of halogens is 4. The van der Waals surface area contributed by atoms with E-state index in [4.69, 9.17) is 8.83 Å².